The molecule has 2 heterocycles. The number of carbonyl (C=O) groups excluding carboxylic acids is 1. The standard InChI is InChI=1S/C10H16N4O4S/c1-7-12-5-9(13-7)19(16,17)14-3-4-18-6-8(14)10(15)11-2/h5,8H,3-4,6H2,1-2H3,(H,11,15)(H,12,13). The Morgan fingerprint density at radius 2 is 2.37 bits per heavy atom. The maximum atomic E-state index is 12.5. The van der Waals surface area contributed by atoms with Crippen molar-refractivity contribution in [1.82, 2.24) is 19.6 Å². The van der Waals surface area contributed by atoms with Gasteiger partial charge in [0.15, 0.2) is 5.03 Å². The van der Waals surface area contributed by atoms with Gasteiger partial charge in [-0.3, -0.25) is 4.79 Å². The van der Waals surface area contributed by atoms with Gasteiger partial charge in [0, 0.05) is 13.6 Å². The number of carbonyl (C=O) groups is 1. The molecule has 0 radical (unpaired) electrons. The van der Waals surface area contributed by atoms with Crippen molar-refractivity contribution < 1.29 is 17.9 Å². The Morgan fingerprint density at radius 1 is 1.63 bits per heavy atom. The lowest BCUT2D eigenvalue weighted by atomic mass is 10.2. The summed E-state index contributed by atoms with van der Waals surface area (Å²) in [5.74, 6) is 0.114. The minimum Gasteiger partial charge on any atom is -0.378 e. The Morgan fingerprint density at radius 3 is 2.95 bits per heavy atom. The summed E-state index contributed by atoms with van der Waals surface area (Å²) in [4.78, 5) is 18.3. The molecule has 8 nitrogen and oxygen atoms in total. The van der Waals surface area contributed by atoms with Gasteiger partial charge in [0.1, 0.15) is 11.9 Å². The minimum atomic E-state index is -3.77. The first kappa shape index (κ1) is 14.0. The van der Waals surface area contributed by atoms with Crippen molar-refractivity contribution in [3.05, 3.63) is 12.0 Å². The van der Waals surface area contributed by atoms with E-state index in [4.69, 9.17) is 4.74 Å². The number of sulfonamides is 1. The number of hydrogen-bond donors (Lipinski definition) is 2. The number of imidazole rings is 1. The van der Waals surface area contributed by atoms with E-state index in [-0.39, 0.29) is 30.7 Å². The summed E-state index contributed by atoms with van der Waals surface area (Å²) in [6, 6.07) is -0.854. The summed E-state index contributed by atoms with van der Waals surface area (Å²) < 4.78 is 31.2. The van der Waals surface area contributed by atoms with Crippen LogP contribution in [0.1, 0.15) is 5.82 Å². The van der Waals surface area contributed by atoms with Gasteiger partial charge >= 0.3 is 0 Å². The molecule has 106 valence electrons. The molecule has 1 aliphatic heterocycles. The fourth-order valence-electron chi connectivity index (χ4n) is 1.90. The highest BCUT2D eigenvalue weighted by molar-refractivity contribution is 7.89. The Balaban J connectivity index is 2.34. The molecule has 0 aromatic carbocycles. The molecule has 1 aromatic rings. The van der Waals surface area contributed by atoms with Crippen LogP contribution < -0.4 is 5.32 Å². The molecule has 2 rings (SSSR count). The monoisotopic (exact) mass is 288 g/mol. The molecular weight excluding hydrogens is 272 g/mol. The van der Waals surface area contributed by atoms with Crippen LogP contribution in [0.3, 0.4) is 0 Å². The van der Waals surface area contributed by atoms with Gasteiger partial charge in [0.05, 0.1) is 19.4 Å². The molecule has 1 saturated heterocycles. The van der Waals surface area contributed by atoms with Crippen LogP contribution in [0.5, 0.6) is 0 Å². The van der Waals surface area contributed by atoms with E-state index in [1.165, 1.54) is 13.2 Å². The first-order valence-corrected chi connectivity index (χ1v) is 7.23. The summed E-state index contributed by atoms with van der Waals surface area (Å²) in [6.45, 7) is 2.11. The molecule has 1 atom stereocenters. The summed E-state index contributed by atoms with van der Waals surface area (Å²) in [6.07, 6.45) is 1.25. The lowest BCUT2D eigenvalue weighted by Crippen LogP contribution is -2.55. The van der Waals surface area contributed by atoms with Gasteiger partial charge in [0.2, 0.25) is 5.91 Å². The van der Waals surface area contributed by atoms with Crippen molar-refractivity contribution in [3.63, 3.8) is 0 Å². The van der Waals surface area contributed by atoms with E-state index in [1.807, 2.05) is 0 Å². The van der Waals surface area contributed by atoms with Crippen LogP contribution in [0.15, 0.2) is 11.2 Å². The van der Waals surface area contributed by atoms with Crippen LogP contribution in [0.2, 0.25) is 0 Å². The van der Waals surface area contributed by atoms with Crippen molar-refractivity contribution in [3.8, 4) is 0 Å². The number of H-pyrrole nitrogens is 1. The summed E-state index contributed by atoms with van der Waals surface area (Å²) in [7, 11) is -2.31. The number of aromatic amines is 1. The molecule has 9 heteroatoms. The van der Waals surface area contributed by atoms with E-state index < -0.39 is 16.1 Å². The predicted octanol–water partition coefficient (Wildman–Crippen LogP) is -1.15. The average Bonchev–Trinajstić information content (AvgIpc) is 2.85. The SMILES string of the molecule is CNC(=O)C1COCCN1S(=O)(=O)c1cnc(C)[nH]1. The molecule has 0 aliphatic carbocycles. The van der Waals surface area contributed by atoms with Crippen molar-refractivity contribution in [2.75, 3.05) is 26.8 Å². The van der Waals surface area contributed by atoms with Gasteiger partial charge in [-0.2, -0.15) is 4.31 Å². The molecular formula is C10H16N4O4S. The van der Waals surface area contributed by atoms with Crippen molar-refractivity contribution >= 4 is 15.9 Å². The first-order chi connectivity index (χ1) is 8.96. The minimum absolute atomic E-state index is 0.0131. The van der Waals surface area contributed by atoms with E-state index in [0.29, 0.717) is 5.82 Å². The van der Waals surface area contributed by atoms with Crippen molar-refractivity contribution in [2.24, 2.45) is 0 Å². The lowest BCUT2D eigenvalue weighted by molar-refractivity contribution is -0.128. The second kappa shape index (κ2) is 5.27. The van der Waals surface area contributed by atoms with E-state index in [2.05, 4.69) is 15.3 Å². The number of likely N-dealkylation sites (N-methyl/N-ethyl adjacent to an activating group) is 1. The third-order valence-electron chi connectivity index (χ3n) is 2.89. The molecule has 0 spiro atoms. The van der Waals surface area contributed by atoms with Crippen LogP contribution in [-0.2, 0) is 19.6 Å². The number of rotatable bonds is 3. The molecule has 1 amide bonds. The maximum Gasteiger partial charge on any atom is 0.261 e. The zero-order valence-electron chi connectivity index (χ0n) is 10.7. The molecule has 19 heavy (non-hydrogen) atoms. The Kier molecular flexibility index (Phi) is 3.88. The highest BCUT2D eigenvalue weighted by atomic mass is 32.2. The number of nitrogens with zero attached hydrogens (tertiary/aromatic N) is 2. The van der Waals surface area contributed by atoms with E-state index >= 15 is 0 Å². The van der Waals surface area contributed by atoms with Crippen LogP contribution in [0.4, 0.5) is 0 Å². The largest absolute Gasteiger partial charge is 0.378 e. The quantitative estimate of drug-likeness (QED) is 0.731. The van der Waals surface area contributed by atoms with Crippen LogP contribution in [0.25, 0.3) is 0 Å². The summed E-state index contributed by atoms with van der Waals surface area (Å²) in [5.41, 5.74) is 0. The van der Waals surface area contributed by atoms with E-state index in [9.17, 15) is 13.2 Å². The van der Waals surface area contributed by atoms with Gasteiger partial charge < -0.3 is 15.0 Å². The first-order valence-electron chi connectivity index (χ1n) is 5.79. The van der Waals surface area contributed by atoms with Crippen LogP contribution in [0, 0.1) is 6.92 Å². The highest BCUT2D eigenvalue weighted by Crippen LogP contribution is 2.19. The number of amides is 1. The number of ether oxygens (including phenoxy) is 1. The average molecular weight is 288 g/mol. The van der Waals surface area contributed by atoms with Gasteiger partial charge in [-0.1, -0.05) is 0 Å². The molecule has 1 unspecified atom stereocenters. The zero-order chi connectivity index (χ0) is 14.0. The zero-order valence-corrected chi connectivity index (χ0v) is 11.5. The number of hydrogen-bond acceptors (Lipinski definition) is 5. The molecule has 1 aliphatic rings. The van der Waals surface area contributed by atoms with Crippen molar-refractivity contribution in [2.45, 2.75) is 18.0 Å². The summed E-state index contributed by atoms with van der Waals surface area (Å²) >= 11 is 0. The fourth-order valence-corrected chi connectivity index (χ4v) is 3.43. The third-order valence-corrected chi connectivity index (χ3v) is 4.71. The third kappa shape index (κ3) is 2.62. The molecule has 0 saturated carbocycles. The Bertz CT molecular complexity index is 568. The van der Waals surface area contributed by atoms with Crippen LogP contribution in [-0.4, -0.2) is 61.4 Å². The molecule has 1 fully saturated rings. The van der Waals surface area contributed by atoms with E-state index in [1.54, 1.807) is 6.92 Å². The van der Waals surface area contributed by atoms with Gasteiger partial charge in [0.25, 0.3) is 10.0 Å². The predicted molar refractivity (Wildman–Crippen MR) is 65.9 cm³/mol. The van der Waals surface area contributed by atoms with E-state index in [0.717, 1.165) is 4.31 Å². The maximum absolute atomic E-state index is 12.5. The lowest BCUT2D eigenvalue weighted by Gasteiger charge is -2.32. The fraction of sp³-hybridized carbons (Fsp3) is 0.600. The number of morpholine rings is 1. The second-order valence-corrected chi connectivity index (χ2v) is 6.01. The van der Waals surface area contributed by atoms with Gasteiger partial charge in [-0.25, -0.2) is 13.4 Å². The number of nitrogens with one attached hydrogen (secondary N) is 2. The van der Waals surface area contributed by atoms with Crippen LogP contribution >= 0.6 is 0 Å². The van der Waals surface area contributed by atoms with Gasteiger partial charge in [-0.05, 0) is 6.92 Å². The number of aryl methyl sites for hydroxylation is 1. The summed E-state index contributed by atoms with van der Waals surface area (Å²) in [5, 5.41) is 2.43. The Labute approximate surface area is 111 Å². The topological polar surface area (TPSA) is 104 Å². The molecule has 1 aromatic heterocycles. The van der Waals surface area contributed by atoms with Gasteiger partial charge in [-0.15, -0.1) is 0 Å². The highest BCUT2D eigenvalue weighted by Gasteiger charge is 2.38. The smallest absolute Gasteiger partial charge is 0.261 e. The van der Waals surface area contributed by atoms with Crippen molar-refractivity contribution in [1.29, 1.82) is 0 Å². The normalized spacial score (nSPS) is 21.3. The molecule has 0 bridgehead atoms. The molecule has 2 N–H and O–H groups in total. The Hall–Kier alpha value is -1.45. The number of aromatic nitrogens is 2. The second-order valence-electron chi connectivity index (χ2n) is 4.15.